The maximum atomic E-state index is 11.2. The lowest BCUT2D eigenvalue weighted by atomic mass is 10.2. The Bertz CT molecular complexity index is 316. The molecule has 1 heterocycles. The Morgan fingerprint density at radius 2 is 2.44 bits per heavy atom. The van der Waals surface area contributed by atoms with Gasteiger partial charge < -0.3 is 10.1 Å². The predicted octanol–water partition coefficient (Wildman–Crippen LogP) is 0.908. The lowest BCUT2D eigenvalue weighted by Crippen LogP contribution is -2.29. The first-order chi connectivity index (χ1) is 7.72. The maximum Gasteiger partial charge on any atom is 0.307 e. The highest BCUT2D eigenvalue weighted by molar-refractivity contribution is 5.69. The molecule has 0 fully saturated rings. The van der Waals surface area contributed by atoms with Crippen LogP contribution in [0.15, 0.2) is 18.3 Å². The summed E-state index contributed by atoms with van der Waals surface area (Å²) in [5.41, 5.74) is 0.859. The van der Waals surface area contributed by atoms with Crippen LogP contribution in [0.1, 0.15) is 26.0 Å². The van der Waals surface area contributed by atoms with Crippen molar-refractivity contribution in [3.8, 4) is 0 Å². The molecule has 0 aliphatic rings. The van der Waals surface area contributed by atoms with Crippen LogP contribution in [-0.2, 0) is 16.1 Å². The van der Waals surface area contributed by atoms with E-state index in [1.165, 1.54) is 0 Å². The Morgan fingerprint density at radius 3 is 3.06 bits per heavy atom. The number of carbonyl (C=O) groups excluding carboxylic acids is 1. The molecule has 1 rings (SSSR count). The number of hydrogen-bond donors (Lipinski definition) is 1. The Labute approximate surface area is 95.2 Å². The van der Waals surface area contributed by atoms with Gasteiger partial charge in [-0.3, -0.25) is 4.79 Å². The molecule has 1 atom stereocenters. The standard InChI is InChI=1S/C11H17N3O2/c1-3-16-11(15)7-9(2)12-8-10-5-4-6-13-14-10/h4-6,9,12H,3,7-8H2,1-2H3. The van der Waals surface area contributed by atoms with Crippen LogP contribution in [0.2, 0.25) is 0 Å². The molecular formula is C11H17N3O2. The topological polar surface area (TPSA) is 64.1 Å². The van der Waals surface area contributed by atoms with Gasteiger partial charge in [-0.05, 0) is 26.0 Å². The summed E-state index contributed by atoms with van der Waals surface area (Å²) in [6.07, 6.45) is 2.00. The van der Waals surface area contributed by atoms with Gasteiger partial charge in [0, 0.05) is 18.8 Å². The summed E-state index contributed by atoms with van der Waals surface area (Å²) in [7, 11) is 0. The summed E-state index contributed by atoms with van der Waals surface area (Å²) < 4.78 is 4.86. The highest BCUT2D eigenvalue weighted by Gasteiger charge is 2.09. The number of aromatic nitrogens is 2. The molecule has 16 heavy (non-hydrogen) atoms. The summed E-state index contributed by atoms with van der Waals surface area (Å²) in [5, 5.41) is 10.9. The Hall–Kier alpha value is -1.49. The third-order valence-electron chi connectivity index (χ3n) is 2.04. The molecule has 88 valence electrons. The Kier molecular flexibility index (Phi) is 5.42. The minimum atomic E-state index is -0.179. The second kappa shape index (κ2) is 6.90. The van der Waals surface area contributed by atoms with Crippen molar-refractivity contribution in [1.29, 1.82) is 0 Å². The molecule has 0 saturated heterocycles. The third kappa shape index (κ3) is 4.84. The molecule has 0 spiro atoms. The van der Waals surface area contributed by atoms with Gasteiger partial charge in [0.15, 0.2) is 0 Å². The second-order valence-electron chi connectivity index (χ2n) is 3.51. The van der Waals surface area contributed by atoms with Crippen LogP contribution >= 0.6 is 0 Å². The maximum absolute atomic E-state index is 11.2. The number of nitrogens with zero attached hydrogens (tertiary/aromatic N) is 2. The van der Waals surface area contributed by atoms with Crippen molar-refractivity contribution in [2.75, 3.05) is 6.61 Å². The van der Waals surface area contributed by atoms with E-state index in [1.807, 2.05) is 19.1 Å². The number of hydrogen-bond acceptors (Lipinski definition) is 5. The summed E-state index contributed by atoms with van der Waals surface area (Å²) in [6, 6.07) is 3.79. The zero-order chi connectivity index (χ0) is 11.8. The molecule has 0 bridgehead atoms. The van der Waals surface area contributed by atoms with Gasteiger partial charge in [-0.15, -0.1) is 0 Å². The van der Waals surface area contributed by atoms with E-state index in [1.54, 1.807) is 13.1 Å². The van der Waals surface area contributed by atoms with E-state index >= 15 is 0 Å². The summed E-state index contributed by atoms with van der Waals surface area (Å²) >= 11 is 0. The summed E-state index contributed by atoms with van der Waals surface area (Å²) in [4.78, 5) is 11.2. The van der Waals surface area contributed by atoms with Gasteiger partial charge in [0.05, 0.1) is 18.7 Å². The summed E-state index contributed by atoms with van der Waals surface area (Å²) in [5.74, 6) is -0.179. The molecule has 0 saturated carbocycles. The smallest absolute Gasteiger partial charge is 0.307 e. The minimum Gasteiger partial charge on any atom is -0.466 e. The number of rotatable bonds is 6. The van der Waals surface area contributed by atoms with Gasteiger partial charge in [0.1, 0.15) is 0 Å². The quantitative estimate of drug-likeness (QED) is 0.726. The van der Waals surface area contributed by atoms with Gasteiger partial charge in [0.2, 0.25) is 0 Å². The average Bonchev–Trinajstić information content (AvgIpc) is 2.28. The van der Waals surface area contributed by atoms with E-state index in [0.717, 1.165) is 5.69 Å². The van der Waals surface area contributed by atoms with Crippen molar-refractivity contribution in [3.05, 3.63) is 24.0 Å². The van der Waals surface area contributed by atoms with Gasteiger partial charge in [0.25, 0.3) is 0 Å². The van der Waals surface area contributed by atoms with Gasteiger partial charge in [-0.25, -0.2) is 0 Å². The molecule has 0 radical (unpaired) electrons. The zero-order valence-corrected chi connectivity index (χ0v) is 9.64. The van der Waals surface area contributed by atoms with E-state index in [-0.39, 0.29) is 12.0 Å². The molecule has 1 aromatic heterocycles. The Balaban J connectivity index is 2.25. The Morgan fingerprint density at radius 1 is 1.62 bits per heavy atom. The van der Waals surface area contributed by atoms with E-state index in [9.17, 15) is 4.79 Å². The third-order valence-corrected chi connectivity index (χ3v) is 2.04. The highest BCUT2D eigenvalue weighted by atomic mass is 16.5. The lowest BCUT2D eigenvalue weighted by molar-refractivity contribution is -0.143. The largest absolute Gasteiger partial charge is 0.466 e. The summed E-state index contributed by atoms with van der Waals surface area (Å²) in [6.45, 7) is 4.77. The van der Waals surface area contributed by atoms with E-state index in [2.05, 4.69) is 15.5 Å². The van der Waals surface area contributed by atoms with Crippen molar-refractivity contribution in [1.82, 2.24) is 15.5 Å². The number of nitrogens with one attached hydrogen (secondary N) is 1. The fourth-order valence-corrected chi connectivity index (χ4v) is 1.25. The van der Waals surface area contributed by atoms with Crippen LogP contribution in [-0.4, -0.2) is 28.8 Å². The van der Waals surface area contributed by atoms with E-state index < -0.39 is 0 Å². The normalized spacial score (nSPS) is 12.1. The van der Waals surface area contributed by atoms with Crippen molar-refractivity contribution in [2.24, 2.45) is 0 Å². The second-order valence-corrected chi connectivity index (χ2v) is 3.51. The molecular weight excluding hydrogens is 206 g/mol. The van der Waals surface area contributed by atoms with Crippen LogP contribution < -0.4 is 5.32 Å². The van der Waals surface area contributed by atoms with Gasteiger partial charge >= 0.3 is 5.97 Å². The fraction of sp³-hybridized carbons (Fsp3) is 0.545. The first kappa shape index (κ1) is 12.6. The van der Waals surface area contributed by atoms with Crippen LogP contribution in [0.4, 0.5) is 0 Å². The fourth-order valence-electron chi connectivity index (χ4n) is 1.25. The van der Waals surface area contributed by atoms with Crippen LogP contribution in [0.3, 0.4) is 0 Å². The predicted molar refractivity (Wildman–Crippen MR) is 59.6 cm³/mol. The molecule has 5 heteroatoms. The molecule has 1 N–H and O–H groups in total. The number of carbonyl (C=O) groups is 1. The van der Waals surface area contributed by atoms with E-state index in [0.29, 0.717) is 19.6 Å². The van der Waals surface area contributed by atoms with Crippen molar-refractivity contribution in [3.63, 3.8) is 0 Å². The average molecular weight is 223 g/mol. The molecule has 0 aliphatic heterocycles. The first-order valence-electron chi connectivity index (χ1n) is 5.38. The van der Waals surface area contributed by atoms with Gasteiger partial charge in [-0.1, -0.05) is 0 Å². The lowest BCUT2D eigenvalue weighted by Gasteiger charge is -2.12. The van der Waals surface area contributed by atoms with Crippen molar-refractivity contribution < 1.29 is 9.53 Å². The first-order valence-corrected chi connectivity index (χ1v) is 5.38. The molecule has 5 nitrogen and oxygen atoms in total. The molecule has 0 aromatic carbocycles. The molecule has 1 aromatic rings. The number of esters is 1. The van der Waals surface area contributed by atoms with Gasteiger partial charge in [-0.2, -0.15) is 10.2 Å². The van der Waals surface area contributed by atoms with Crippen molar-refractivity contribution >= 4 is 5.97 Å². The molecule has 1 unspecified atom stereocenters. The minimum absolute atomic E-state index is 0.0704. The van der Waals surface area contributed by atoms with Crippen molar-refractivity contribution in [2.45, 2.75) is 32.9 Å². The van der Waals surface area contributed by atoms with Crippen LogP contribution in [0, 0.1) is 0 Å². The van der Waals surface area contributed by atoms with Crippen LogP contribution in [0.25, 0.3) is 0 Å². The van der Waals surface area contributed by atoms with Crippen LogP contribution in [0.5, 0.6) is 0 Å². The molecule has 0 aliphatic carbocycles. The SMILES string of the molecule is CCOC(=O)CC(C)NCc1cccnn1. The monoisotopic (exact) mass is 223 g/mol. The molecule has 0 amide bonds. The number of ether oxygens (including phenoxy) is 1. The zero-order valence-electron chi connectivity index (χ0n) is 9.64. The highest BCUT2D eigenvalue weighted by Crippen LogP contribution is 1.97. The van der Waals surface area contributed by atoms with E-state index in [4.69, 9.17) is 4.74 Å².